The Labute approximate surface area is 89.9 Å². The number of carbonyl (C=O) groups is 2. The molecule has 3 nitrogen and oxygen atoms in total. The number of hydrogen-bond acceptors (Lipinski definition) is 3. The maximum Gasteiger partial charge on any atom is 1.00 e. The van der Waals surface area contributed by atoms with Crippen molar-refractivity contribution in [2.24, 2.45) is 0 Å². The van der Waals surface area contributed by atoms with Crippen LogP contribution >= 0.6 is 0 Å². The fourth-order valence-corrected chi connectivity index (χ4v) is 0.144. The summed E-state index contributed by atoms with van der Waals surface area (Å²) in [7, 11) is 0. The largest absolute Gasteiger partial charge is 1.00 e. The van der Waals surface area contributed by atoms with Gasteiger partial charge in [0.1, 0.15) is 5.97 Å². The first-order valence-corrected chi connectivity index (χ1v) is 1.92. The fraction of sp³-hybridized carbons (Fsp3) is 0.500. The number of carboxylic acid groups (broad SMARTS) is 1. The van der Waals surface area contributed by atoms with Crippen molar-refractivity contribution >= 4 is 11.8 Å². The Bertz CT molecular complexity index is 99.5. The summed E-state index contributed by atoms with van der Waals surface area (Å²) in [5, 5.41) is 9.47. The maximum atomic E-state index is 9.85. The zero-order valence-corrected chi connectivity index (χ0v) is 8.05. The number of Topliss-reactive ketones (excluding diaryl/α,β-unsaturated/α-hetero) is 1. The van der Waals surface area contributed by atoms with E-state index in [0.717, 1.165) is 0 Å². The zero-order valence-electron chi connectivity index (χ0n) is 4.93. The number of ketones is 1. The summed E-state index contributed by atoms with van der Waals surface area (Å²) in [6.45, 7) is 1.47. The second kappa shape index (κ2) is 5.90. The Kier molecular flexibility index (Phi) is 8.53. The standard InChI is InChI=1S/C4H6O3.K/c1-2-3(5)4(6)7;/h2H2,1H3,(H,6,7);/q;+1/p-1. The fourth-order valence-electron chi connectivity index (χ4n) is 0.144. The van der Waals surface area contributed by atoms with Crippen LogP contribution in [0.25, 0.3) is 0 Å². The van der Waals surface area contributed by atoms with Crippen LogP contribution < -0.4 is 56.5 Å². The summed E-state index contributed by atoms with van der Waals surface area (Å²) < 4.78 is 0. The summed E-state index contributed by atoms with van der Waals surface area (Å²) >= 11 is 0. The molecule has 0 fully saturated rings. The Morgan fingerprint density at radius 3 is 1.88 bits per heavy atom. The second-order valence-corrected chi connectivity index (χ2v) is 1.06. The van der Waals surface area contributed by atoms with Crippen molar-refractivity contribution in [3.8, 4) is 0 Å². The Hall–Kier alpha value is 0.776. The third kappa shape index (κ3) is 4.92. The molecule has 0 saturated heterocycles. The molecule has 4 heteroatoms. The molecule has 0 radical (unpaired) electrons. The van der Waals surface area contributed by atoms with Crippen molar-refractivity contribution in [1.82, 2.24) is 0 Å². The molecule has 40 valence electrons. The molecule has 0 heterocycles. The molecule has 0 aliphatic heterocycles. The summed E-state index contributed by atoms with van der Waals surface area (Å²) in [5.74, 6) is -2.44. The maximum absolute atomic E-state index is 9.85. The average Bonchev–Trinajstić information content (AvgIpc) is 1.65. The SMILES string of the molecule is CCC(=O)C(=O)[O-].[K+]. The molecule has 0 spiro atoms. The van der Waals surface area contributed by atoms with Crippen molar-refractivity contribution in [3.05, 3.63) is 0 Å². The molecular formula is C4H5KO3. The van der Waals surface area contributed by atoms with Gasteiger partial charge in [-0.2, -0.15) is 0 Å². The van der Waals surface area contributed by atoms with E-state index in [2.05, 4.69) is 0 Å². The third-order valence-electron chi connectivity index (χ3n) is 0.549. The van der Waals surface area contributed by atoms with Crippen LogP contribution in [-0.2, 0) is 9.59 Å². The molecule has 0 N–H and O–H groups in total. The van der Waals surface area contributed by atoms with Crippen molar-refractivity contribution in [2.75, 3.05) is 0 Å². The molecule has 0 saturated carbocycles. The number of aliphatic carboxylic acids is 1. The van der Waals surface area contributed by atoms with Crippen LogP contribution in [0.5, 0.6) is 0 Å². The molecule has 0 aromatic heterocycles. The molecule has 0 aliphatic rings. The van der Waals surface area contributed by atoms with E-state index in [0.29, 0.717) is 0 Å². The van der Waals surface area contributed by atoms with Crippen molar-refractivity contribution in [1.29, 1.82) is 0 Å². The van der Waals surface area contributed by atoms with Gasteiger partial charge < -0.3 is 9.90 Å². The quantitative estimate of drug-likeness (QED) is 0.288. The smallest absolute Gasteiger partial charge is 0.542 e. The first-order valence-electron chi connectivity index (χ1n) is 1.92. The normalized spacial score (nSPS) is 7.12. The number of rotatable bonds is 2. The van der Waals surface area contributed by atoms with E-state index in [-0.39, 0.29) is 57.8 Å². The number of carbonyl (C=O) groups excluding carboxylic acids is 2. The van der Waals surface area contributed by atoms with Crippen LogP contribution in [0.15, 0.2) is 0 Å². The first kappa shape index (κ1) is 11.6. The molecule has 0 bridgehead atoms. The Morgan fingerprint density at radius 2 is 1.88 bits per heavy atom. The van der Waals surface area contributed by atoms with E-state index in [4.69, 9.17) is 0 Å². The second-order valence-electron chi connectivity index (χ2n) is 1.06. The van der Waals surface area contributed by atoms with Gasteiger partial charge in [0.25, 0.3) is 0 Å². The minimum atomic E-state index is -1.59. The molecular weight excluding hydrogens is 135 g/mol. The van der Waals surface area contributed by atoms with E-state index in [9.17, 15) is 14.7 Å². The van der Waals surface area contributed by atoms with Gasteiger partial charge in [-0.1, -0.05) is 6.92 Å². The zero-order chi connectivity index (χ0) is 5.86. The molecule has 0 aromatic carbocycles. The van der Waals surface area contributed by atoms with Crippen molar-refractivity contribution < 1.29 is 66.1 Å². The van der Waals surface area contributed by atoms with Gasteiger partial charge in [-0.15, -0.1) is 0 Å². The van der Waals surface area contributed by atoms with Crippen molar-refractivity contribution in [3.63, 3.8) is 0 Å². The van der Waals surface area contributed by atoms with Gasteiger partial charge in [0.05, 0.1) is 0 Å². The number of hydrogen-bond donors (Lipinski definition) is 0. The van der Waals surface area contributed by atoms with Gasteiger partial charge >= 0.3 is 51.4 Å². The van der Waals surface area contributed by atoms with Crippen molar-refractivity contribution in [2.45, 2.75) is 13.3 Å². The third-order valence-corrected chi connectivity index (χ3v) is 0.549. The molecule has 0 aliphatic carbocycles. The summed E-state index contributed by atoms with van der Waals surface area (Å²) in [5.41, 5.74) is 0. The van der Waals surface area contributed by atoms with E-state index in [1.807, 2.05) is 0 Å². The van der Waals surface area contributed by atoms with E-state index < -0.39 is 11.8 Å². The summed E-state index contributed by atoms with van der Waals surface area (Å²) in [4.78, 5) is 19.3. The van der Waals surface area contributed by atoms with Gasteiger partial charge in [-0.3, -0.25) is 4.79 Å². The van der Waals surface area contributed by atoms with Gasteiger partial charge in [-0.25, -0.2) is 0 Å². The van der Waals surface area contributed by atoms with Crippen LogP contribution in [0.1, 0.15) is 13.3 Å². The van der Waals surface area contributed by atoms with Gasteiger partial charge in [-0.05, 0) is 0 Å². The predicted molar refractivity (Wildman–Crippen MR) is 20.3 cm³/mol. The van der Waals surface area contributed by atoms with Gasteiger partial charge in [0.15, 0.2) is 5.78 Å². The Balaban J connectivity index is 0. The van der Waals surface area contributed by atoms with E-state index in [1.54, 1.807) is 0 Å². The Morgan fingerprint density at radius 1 is 1.50 bits per heavy atom. The van der Waals surface area contributed by atoms with Crippen LogP contribution in [0.4, 0.5) is 0 Å². The first-order chi connectivity index (χ1) is 3.18. The minimum Gasteiger partial charge on any atom is -0.542 e. The predicted octanol–water partition coefficient (Wildman–Crippen LogP) is -4.28. The topological polar surface area (TPSA) is 57.2 Å². The molecule has 0 aromatic rings. The van der Waals surface area contributed by atoms with Crippen LogP contribution in [-0.4, -0.2) is 11.8 Å². The molecule has 0 atom stereocenters. The van der Waals surface area contributed by atoms with Gasteiger partial charge in [0, 0.05) is 6.42 Å². The van der Waals surface area contributed by atoms with Gasteiger partial charge in [0.2, 0.25) is 0 Å². The summed E-state index contributed by atoms with van der Waals surface area (Å²) in [6, 6.07) is 0. The molecule has 0 unspecified atom stereocenters. The average molecular weight is 140 g/mol. The monoisotopic (exact) mass is 140 g/mol. The van der Waals surface area contributed by atoms with Crippen LogP contribution in [0.2, 0.25) is 0 Å². The minimum absolute atomic E-state index is 0. The van der Waals surface area contributed by atoms with E-state index >= 15 is 0 Å². The van der Waals surface area contributed by atoms with E-state index in [1.165, 1.54) is 6.92 Å². The number of carboxylic acids is 1. The summed E-state index contributed by atoms with van der Waals surface area (Å²) in [6.07, 6.45) is 0.0162. The molecule has 0 rings (SSSR count). The van der Waals surface area contributed by atoms with Crippen LogP contribution in [0, 0.1) is 0 Å². The van der Waals surface area contributed by atoms with Crippen LogP contribution in [0.3, 0.4) is 0 Å². The molecule has 8 heavy (non-hydrogen) atoms. The molecule has 0 amide bonds.